The molecule has 0 saturated heterocycles. The third kappa shape index (κ3) is 6.94. The number of benzene rings is 10. The third-order valence-electron chi connectivity index (χ3n) is 13.6. The molecule has 2 heterocycles. The lowest BCUT2D eigenvalue weighted by molar-refractivity contribution is 1.11. The second-order valence-electron chi connectivity index (χ2n) is 17.5. The topological polar surface area (TPSA) is 63.9 Å². The van der Waals surface area contributed by atoms with Crippen LogP contribution in [0.3, 0.4) is 0 Å². The highest BCUT2D eigenvalue weighted by atomic mass is 15.2. The Hall–Kier alpha value is -9.88. The maximum Gasteiger partial charge on any atom is 0.104 e. The number of nitrogens with zero attached hydrogens (tertiary/aromatic N) is 6. The van der Waals surface area contributed by atoms with Gasteiger partial charge in [-0.1, -0.05) is 140 Å². The van der Waals surface area contributed by atoms with Crippen molar-refractivity contribution in [1.82, 2.24) is 9.13 Å². The molecule has 0 amide bonds. The molecule has 0 bridgehead atoms. The normalized spacial score (nSPS) is 11.8. The van der Waals surface area contributed by atoms with Gasteiger partial charge in [0.2, 0.25) is 0 Å². The van der Waals surface area contributed by atoms with Crippen LogP contribution in [0.4, 0.5) is 28.4 Å². The minimum atomic E-state index is 0.392. The Kier molecular flexibility index (Phi) is 10.6. The van der Waals surface area contributed by atoms with Crippen LogP contribution in [-0.4, -0.2) is 9.13 Å². The first-order chi connectivity index (χ1) is 35.1. The molecule has 10 aromatic carbocycles. The molecule has 0 radical (unpaired) electrons. The number of rotatable bonds is 10. The number of hydrogen-bond donors (Lipinski definition) is 0. The largest absolute Gasteiger partial charge is 0.311 e. The van der Waals surface area contributed by atoms with Crippen LogP contribution in [0.5, 0.6) is 0 Å². The second kappa shape index (κ2) is 17.6. The molecule has 0 fully saturated rings. The van der Waals surface area contributed by atoms with E-state index in [0.29, 0.717) is 22.5 Å². The van der Waals surface area contributed by atoms with Gasteiger partial charge in [-0.3, -0.25) is 0 Å². The first kappa shape index (κ1) is 42.5. The molecule has 6 heteroatoms. The molecule has 0 saturated carbocycles. The van der Waals surface area contributed by atoms with Crippen molar-refractivity contribution >= 4 is 93.6 Å². The molecule has 12 rings (SSSR count). The van der Waals surface area contributed by atoms with Gasteiger partial charge in [-0.15, -0.1) is 0 Å². The lowest BCUT2D eigenvalue weighted by Crippen LogP contribution is -2.15. The van der Waals surface area contributed by atoms with Gasteiger partial charge in [0.05, 0.1) is 39.0 Å². The summed E-state index contributed by atoms with van der Waals surface area (Å²) in [6.45, 7) is 5.99. The quantitative estimate of drug-likeness (QED) is 0.128. The highest BCUT2D eigenvalue weighted by Crippen LogP contribution is 2.45. The van der Waals surface area contributed by atoms with E-state index in [1.54, 1.807) is 6.08 Å². The van der Waals surface area contributed by atoms with E-state index in [1.165, 1.54) is 0 Å². The van der Waals surface area contributed by atoms with E-state index in [2.05, 4.69) is 232 Å². The van der Waals surface area contributed by atoms with E-state index < -0.39 is 0 Å². The Balaban J connectivity index is 1.15. The SMILES string of the molecule is C=C/C=C\C(=C/C)N(c1ccccc1)c1ccc2c(c1)c1c3ccccc3ccc1n2-c1ccc(C#N)c(-n2c3ccc(N(c4ccccc4)c4ccccc4)cc3c3c4ccccc4ccc32)c1C#N. The van der Waals surface area contributed by atoms with E-state index in [4.69, 9.17) is 0 Å². The maximum atomic E-state index is 11.7. The number of allylic oxidation sites excluding steroid dienone is 4. The van der Waals surface area contributed by atoms with Gasteiger partial charge in [-0.2, -0.15) is 10.5 Å². The van der Waals surface area contributed by atoms with Crippen LogP contribution >= 0.6 is 0 Å². The summed E-state index contributed by atoms with van der Waals surface area (Å²) >= 11 is 0. The standard InChI is InChI=1S/C65H44N6/c1-3-5-21-47(4-2)68(48-22-9-6-10-23-48)51-33-38-58-55(40-51)63-53-28-17-15-19-44(53)30-36-61(63)70(58)60-35-32-46(42-66)65(57(60)43-67)71-59-39-34-52(69(49-24-11-7-12-25-49)50-26-13-8-14-27-50)41-56(59)64-54-29-18-16-20-45(54)31-37-62(64)71/h3-41H,1H2,2H3/b21-5-,47-4+. The average Bonchev–Trinajstić information content (AvgIpc) is 3.95. The molecule has 334 valence electrons. The van der Waals surface area contributed by atoms with Crippen molar-refractivity contribution < 1.29 is 0 Å². The van der Waals surface area contributed by atoms with Crippen LogP contribution in [-0.2, 0) is 0 Å². The fraction of sp³-hybridized carbons (Fsp3) is 0.0154. The summed E-state index contributed by atoms with van der Waals surface area (Å²) < 4.78 is 4.36. The van der Waals surface area contributed by atoms with E-state index in [-0.39, 0.29) is 0 Å². The summed E-state index contributed by atoms with van der Waals surface area (Å²) in [7, 11) is 0. The van der Waals surface area contributed by atoms with Crippen LogP contribution in [0.2, 0.25) is 0 Å². The minimum absolute atomic E-state index is 0.392. The smallest absolute Gasteiger partial charge is 0.104 e. The van der Waals surface area contributed by atoms with Crippen LogP contribution in [0, 0.1) is 22.7 Å². The molecule has 0 atom stereocenters. The van der Waals surface area contributed by atoms with Crippen molar-refractivity contribution in [2.75, 3.05) is 9.80 Å². The third-order valence-corrected chi connectivity index (χ3v) is 13.6. The molecular weight excluding hydrogens is 865 g/mol. The van der Waals surface area contributed by atoms with Crippen molar-refractivity contribution in [2.45, 2.75) is 6.92 Å². The summed E-state index contributed by atoms with van der Waals surface area (Å²) in [5.41, 5.74) is 11.7. The first-order valence-corrected chi connectivity index (χ1v) is 23.7. The maximum absolute atomic E-state index is 11.7. The van der Waals surface area contributed by atoms with Crippen LogP contribution in [0.15, 0.2) is 249 Å². The Bertz CT molecular complexity index is 4180. The van der Waals surface area contributed by atoms with Gasteiger partial charge in [0.1, 0.15) is 17.7 Å². The number of anilines is 5. The molecule has 0 N–H and O–H groups in total. The van der Waals surface area contributed by atoms with Gasteiger partial charge in [0.25, 0.3) is 0 Å². The van der Waals surface area contributed by atoms with Crippen molar-refractivity contribution in [1.29, 1.82) is 10.5 Å². The van der Waals surface area contributed by atoms with E-state index >= 15 is 0 Å². The predicted octanol–water partition coefficient (Wildman–Crippen LogP) is 17.2. The number of aromatic nitrogens is 2. The summed E-state index contributed by atoms with van der Waals surface area (Å²) in [6, 6.07) is 78.8. The molecule has 0 aliphatic heterocycles. The summed E-state index contributed by atoms with van der Waals surface area (Å²) in [5.74, 6) is 0. The molecule has 0 aliphatic rings. The zero-order valence-electron chi connectivity index (χ0n) is 38.9. The number of para-hydroxylation sites is 3. The molecular formula is C65H44N6. The zero-order chi connectivity index (χ0) is 48.0. The van der Waals surface area contributed by atoms with E-state index in [9.17, 15) is 10.5 Å². The lowest BCUT2D eigenvalue weighted by atomic mass is 10.0. The summed E-state index contributed by atoms with van der Waals surface area (Å²) in [4.78, 5) is 4.52. The van der Waals surface area contributed by atoms with Crippen LogP contribution in [0.25, 0.3) is 76.5 Å². The van der Waals surface area contributed by atoms with Crippen molar-refractivity contribution in [3.63, 3.8) is 0 Å². The van der Waals surface area contributed by atoms with Crippen LogP contribution < -0.4 is 9.80 Å². The zero-order valence-corrected chi connectivity index (χ0v) is 38.9. The van der Waals surface area contributed by atoms with E-state index in [0.717, 1.165) is 99.3 Å². The Morgan fingerprint density at radius 3 is 1.55 bits per heavy atom. The molecule has 0 spiro atoms. The molecule has 71 heavy (non-hydrogen) atoms. The number of nitriles is 2. The Morgan fingerprint density at radius 1 is 0.479 bits per heavy atom. The van der Waals surface area contributed by atoms with Crippen molar-refractivity contribution in [2.24, 2.45) is 0 Å². The van der Waals surface area contributed by atoms with Crippen LogP contribution in [0.1, 0.15) is 18.1 Å². The van der Waals surface area contributed by atoms with Gasteiger partial charge in [-0.25, -0.2) is 0 Å². The monoisotopic (exact) mass is 908 g/mol. The average molecular weight is 909 g/mol. The molecule has 0 aliphatic carbocycles. The molecule has 0 unspecified atom stereocenters. The number of fused-ring (bicyclic) bond motifs is 10. The fourth-order valence-electron chi connectivity index (χ4n) is 10.6. The Morgan fingerprint density at radius 2 is 0.986 bits per heavy atom. The van der Waals surface area contributed by atoms with E-state index in [1.807, 2.05) is 43.3 Å². The Labute approximate surface area is 411 Å². The second-order valence-corrected chi connectivity index (χ2v) is 17.5. The van der Waals surface area contributed by atoms with Gasteiger partial charge in [0, 0.05) is 55.7 Å². The summed E-state index contributed by atoms with van der Waals surface area (Å²) in [5, 5.41) is 31.4. The number of hydrogen-bond acceptors (Lipinski definition) is 4. The van der Waals surface area contributed by atoms with Gasteiger partial charge in [0.15, 0.2) is 0 Å². The minimum Gasteiger partial charge on any atom is -0.311 e. The fourth-order valence-corrected chi connectivity index (χ4v) is 10.6. The predicted molar refractivity (Wildman–Crippen MR) is 296 cm³/mol. The van der Waals surface area contributed by atoms with Gasteiger partial charge in [-0.05, 0) is 132 Å². The lowest BCUT2D eigenvalue weighted by Gasteiger charge is -2.26. The molecule has 2 aromatic heterocycles. The highest BCUT2D eigenvalue weighted by molar-refractivity contribution is 6.23. The summed E-state index contributed by atoms with van der Waals surface area (Å²) in [6.07, 6.45) is 7.92. The molecule has 12 aromatic rings. The van der Waals surface area contributed by atoms with Gasteiger partial charge < -0.3 is 18.9 Å². The molecule has 6 nitrogen and oxygen atoms in total. The highest BCUT2D eigenvalue weighted by Gasteiger charge is 2.26. The first-order valence-electron chi connectivity index (χ1n) is 23.7. The van der Waals surface area contributed by atoms with Crippen molar-refractivity contribution in [3.8, 4) is 23.5 Å². The van der Waals surface area contributed by atoms with Crippen molar-refractivity contribution in [3.05, 3.63) is 260 Å². The van der Waals surface area contributed by atoms with Gasteiger partial charge >= 0.3 is 0 Å².